The Kier molecular flexibility index (Phi) is 5.62. The summed E-state index contributed by atoms with van der Waals surface area (Å²) in [5, 5.41) is 12.7. The second-order valence-electron chi connectivity index (χ2n) is 8.62. The number of fused-ring (bicyclic) bond motifs is 3. The molecule has 0 spiro atoms. The molecule has 2 aromatic heterocycles. The van der Waals surface area contributed by atoms with Crippen LogP contribution in [0.4, 0.5) is 5.69 Å². The monoisotopic (exact) mass is 521 g/mol. The first-order valence-corrected chi connectivity index (χ1v) is 13.1. The Morgan fingerprint density at radius 2 is 1.50 bits per heavy atom. The molecule has 0 unspecified atom stereocenters. The van der Waals surface area contributed by atoms with Crippen molar-refractivity contribution >= 4 is 37.7 Å². The summed E-state index contributed by atoms with van der Waals surface area (Å²) in [7, 11) is -4.02. The lowest BCUT2D eigenvalue weighted by atomic mass is 9.92. The van der Waals surface area contributed by atoms with Crippen LogP contribution in [0, 0.1) is 10.1 Å². The lowest BCUT2D eigenvalue weighted by Gasteiger charge is -2.12. The molecule has 0 fully saturated rings. The number of benzene rings is 4. The third-order valence-corrected chi connectivity index (χ3v) is 7.54. The van der Waals surface area contributed by atoms with Gasteiger partial charge in [-0.1, -0.05) is 48.5 Å². The molecule has 1 N–H and O–H groups in total. The van der Waals surface area contributed by atoms with E-state index in [4.69, 9.17) is 4.18 Å². The van der Waals surface area contributed by atoms with E-state index in [1.165, 1.54) is 24.3 Å². The van der Waals surface area contributed by atoms with E-state index in [1.54, 1.807) is 54.7 Å². The normalized spacial score (nSPS) is 11.6. The summed E-state index contributed by atoms with van der Waals surface area (Å²) in [6, 6.07) is 29.0. The highest BCUT2D eigenvalue weighted by Gasteiger charge is 2.20. The Bertz CT molecular complexity index is 1920. The number of H-pyrrole nitrogens is 1. The van der Waals surface area contributed by atoms with Crippen LogP contribution in [-0.2, 0) is 10.1 Å². The Morgan fingerprint density at radius 3 is 2.18 bits per heavy atom. The highest BCUT2D eigenvalue weighted by atomic mass is 32.2. The number of nitro benzene ring substituents is 1. The van der Waals surface area contributed by atoms with E-state index in [9.17, 15) is 18.5 Å². The SMILES string of the molecule is O=[N+]([O-])c1ccc(-c2cnc3[nH]c4ccc(OS(=O)(=O)c5ccccc5)cc4c3c2-c2ccccc2)cc1. The van der Waals surface area contributed by atoms with Gasteiger partial charge in [0.2, 0.25) is 0 Å². The third-order valence-electron chi connectivity index (χ3n) is 6.28. The molecule has 8 nitrogen and oxygen atoms in total. The van der Waals surface area contributed by atoms with Crippen molar-refractivity contribution in [1.29, 1.82) is 0 Å². The fourth-order valence-electron chi connectivity index (χ4n) is 4.54. The van der Waals surface area contributed by atoms with E-state index in [1.807, 2.05) is 30.3 Å². The van der Waals surface area contributed by atoms with Gasteiger partial charge in [0.1, 0.15) is 16.3 Å². The number of aromatic amines is 1. The van der Waals surface area contributed by atoms with Crippen molar-refractivity contribution in [3.8, 4) is 28.0 Å². The molecule has 6 aromatic rings. The van der Waals surface area contributed by atoms with Crippen LogP contribution in [0.2, 0.25) is 0 Å². The predicted molar refractivity (Wildman–Crippen MR) is 145 cm³/mol. The minimum atomic E-state index is -4.02. The molecule has 0 aliphatic carbocycles. The van der Waals surface area contributed by atoms with Crippen LogP contribution in [0.15, 0.2) is 114 Å². The molecular weight excluding hydrogens is 502 g/mol. The van der Waals surface area contributed by atoms with Crippen LogP contribution in [-0.4, -0.2) is 23.3 Å². The molecule has 186 valence electrons. The van der Waals surface area contributed by atoms with Gasteiger partial charge in [-0.3, -0.25) is 10.1 Å². The van der Waals surface area contributed by atoms with Gasteiger partial charge < -0.3 is 9.17 Å². The zero-order chi connectivity index (χ0) is 26.3. The van der Waals surface area contributed by atoms with Crippen molar-refractivity contribution in [2.24, 2.45) is 0 Å². The first-order chi connectivity index (χ1) is 18.4. The molecule has 6 rings (SSSR count). The smallest absolute Gasteiger partial charge is 0.339 e. The molecule has 0 aliphatic rings. The predicted octanol–water partition coefficient (Wildman–Crippen LogP) is 6.73. The molecule has 0 saturated heterocycles. The second kappa shape index (κ2) is 9.13. The van der Waals surface area contributed by atoms with E-state index >= 15 is 0 Å². The van der Waals surface area contributed by atoms with Gasteiger partial charge in [0.05, 0.1) is 4.92 Å². The first kappa shape index (κ1) is 23.4. The summed E-state index contributed by atoms with van der Waals surface area (Å²) in [5.41, 5.74) is 4.69. The zero-order valence-electron chi connectivity index (χ0n) is 19.7. The average Bonchev–Trinajstić information content (AvgIpc) is 3.31. The molecule has 9 heteroatoms. The Labute approximate surface area is 217 Å². The molecular formula is C29H19N3O5S. The summed E-state index contributed by atoms with van der Waals surface area (Å²) in [4.78, 5) is 18.8. The van der Waals surface area contributed by atoms with Crippen LogP contribution >= 0.6 is 0 Å². The molecule has 0 bridgehead atoms. The van der Waals surface area contributed by atoms with Gasteiger partial charge in [-0.2, -0.15) is 8.42 Å². The summed E-state index contributed by atoms with van der Waals surface area (Å²) >= 11 is 0. The van der Waals surface area contributed by atoms with E-state index in [0.717, 1.165) is 38.5 Å². The minimum absolute atomic E-state index is 0.00226. The van der Waals surface area contributed by atoms with E-state index < -0.39 is 15.0 Å². The van der Waals surface area contributed by atoms with E-state index in [-0.39, 0.29) is 16.3 Å². The lowest BCUT2D eigenvalue weighted by molar-refractivity contribution is -0.384. The fourth-order valence-corrected chi connectivity index (χ4v) is 5.48. The molecule has 38 heavy (non-hydrogen) atoms. The topological polar surface area (TPSA) is 115 Å². The molecule has 0 radical (unpaired) electrons. The number of hydrogen-bond acceptors (Lipinski definition) is 6. The lowest BCUT2D eigenvalue weighted by Crippen LogP contribution is -2.09. The summed E-state index contributed by atoms with van der Waals surface area (Å²) < 4.78 is 31.2. The van der Waals surface area contributed by atoms with Gasteiger partial charge in [0.25, 0.3) is 5.69 Å². The van der Waals surface area contributed by atoms with Crippen molar-refractivity contribution in [2.45, 2.75) is 4.90 Å². The van der Waals surface area contributed by atoms with Gasteiger partial charge in [0.15, 0.2) is 0 Å². The van der Waals surface area contributed by atoms with E-state index in [0.29, 0.717) is 5.65 Å². The molecule has 2 heterocycles. The third kappa shape index (κ3) is 4.14. The fraction of sp³-hybridized carbons (Fsp3) is 0. The maximum atomic E-state index is 12.9. The molecule has 0 saturated carbocycles. The van der Waals surface area contributed by atoms with Crippen LogP contribution in [0.25, 0.3) is 44.2 Å². The first-order valence-electron chi connectivity index (χ1n) is 11.6. The summed E-state index contributed by atoms with van der Waals surface area (Å²) in [5.74, 6) is 0.169. The number of nitrogens with zero attached hydrogens (tertiary/aromatic N) is 2. The second-order valence-corrected chi connectivity index (χ2v) is 10.2. The number of pyridine rings is 1. The van der Waals surface area contributed by atoms with Gasteiger partial charge in [-0.25, -0.2) is 4.98 Å². The minimum Gasteiger partial charge on any atom is -0.379 e. The maximum absolute atomic E-state index is 12.9. The Morgan fingerprint density at radius 1 is 0.816 bits per heavy atom. The standard InChI is InChI=1S/C29H19N3O5S/c33-32(34)21-13-11-19(12-14-21)25-18-30-29-28(27(25)20-7-3-1-4-8-20)24-17-22(15-16-26(24)31-29)37-38(35,36)23-9-5-2-6-10-23/h1-18H,(H,30,31). The highest BCUT2D eigenvalue weighted by Crippen LogP contribution is 2.41. The van der Waals surface area contributed by atoms with Crippen molar-refractivity contribution in [3.63, 3.8) is 0 Å². The highest BCUT2D eigenvalue weighted by molar-refractivity contribution is 7.87. The van der Waals surface area contributed by atoms with Crippen LogP contribution in [0.5, 0.6) is 5.75 Å². The van der Waals surface area contributed by atoms with Crippen molar-refractivity contribution in [3.05, 3.63) is 119 Å². The number of hydrogen-bond donors (Lipinski definition) is 1. The van der Waals surface area contributed by atoms with Gasteiger partial charge in [-0.05, 0) is 53.6 Å². The van der Waals surface area contributed by atoms with Gasteiger partial charge in [0, 0.05) is 45.7 Å². The van der Waals surface area contributed by atoms with Gasteiger partial charge >= 0.3 is 10.1 Å². The molecule has 0 atom stereocenters. The van der Waals surface area contributed by atoms with Crippen LogP contribution in [0.3, 0.4) is 0 Å². The Balaban J connectivity index is 1.57. The summed E-state index contributed by atoms with van der Waals surface area (Å²) in [6.07, 6.45) is 1.73. The van der Waals surface area contributed by atoms with Crippen LogP contribution < -0.4 is 4.18 Å². The summed E-state index contributed by atoms with van der Waals surface area (Å²) in [6.45, 7) is 0. The van der Waals surface area contributed by atoms with E-state index in [2.05, 4.69) is 9.97 Å². The number of rotatable bonds is 6. The number of nitrogens with one attached hydrogen (secondary N) is 1. The van der Waals surface area contributed by atoms with Crippen molar-refractivity contribution in [1.82, 2.24) is 9.97 Å². The largest absolute Gasteiger partial charge is 0.379 e. The quantitative estimate of drug-likeness (QED) is 0.148. The van der Waals surface area contributed by atoms with Crippen molar-refractivity contribution < 1.29 is 17.5 Å². The van der Waals surface area contributed by atoms with Crippen molar-refractivity contribution in [2.75, 3.05) is 0 Å². The van der Waals surface area contributed by atoms with Gasteiger partial charge in [-0.15, -0.1) is 0 Å². The molecule has 4 aromatic carbocycles. The van der Waals surface area contributed by atoms with Crippen LogP contribution in [0.1, 0.15) is 0 Å². The maximum Gasteiger partial charge on any atom is 0.339 e. The number of aromatic nitrogens is 2. The molecule has 0 amide bonds. The Hall–Kier alpha value is -5.02. The number of nitro groups is 1. The zero-order valence-corrected chi connectivity index (χ0v) is 20.6. The number of non-ortho nitro benzene ring substituents is 1. The molecule has 0 aliphatic heterocycles. The average molecular weight is 522 g/mol.